The quantitative estimate of drug-likeness (QED) is 0.744. The fraction of sp³-hybridized carbons (Fsp3) is 0.733. The zero-order chi connectivity index (χ0) is 16.9. The van der Waals surface area contributed by atoms with E-state index in [1.807, 2.05) is 13.8 Å². The van der Waals surface area contributed by atoms with Crippen molar-refractivity contribution in [1.29, 1.82) is 0 Å². The summed E-state index contributed by atoms with van der Waals surface area (Å²) in [7, 11) is 0. The first kappa shape index (κ1) is 18.4. The Hall–Kier alpha value is -1.60. The molecule has 0 saturated carbocycles. The lowest BCUT2D eigenvalue weighted by atomic mass is 10.1. The number of hydrogen-bond donors (Lipinski definition) is 3. The molecule has 0 radical (unpaired) electrons. The average molecular weight is 313 g/mol. The Bertz CT molecular complexity index is 479. The normalized spacial score (nSPS) is 14.7. The van der Waals surface area contributed by atoms with E-state index >= 15 is 0 Å². The van der Waals surface area contributed by atoms with E-state index in [1.165, 1.54) is 6.20 Å². The van der Waals surface area contributed by atoms with Gasteiger partial charge in [0.25, 0.3) is 0 Å². The molecule has 126 valence electrons. The van der Waals surface area contributed by atoms with Crippen molar-refractivity contribution in [2.24, 2.45) is 0 Å². The van der Waals surface area contributed by atoms with Crippen LogP contribution in [-0.2, 0) is 4.74 Å². The molecule has 0 aromatic carbocycles. The van der Waals surface area contributed by atoms with Crippen molar-refractivity contribution in [1.82, 2.24) is 15.1 Å². The fourth-order valence-electron chi connectivity index (χ4n) is 1.80. The number of aliphatic hydroxyl groups is 2. The Kier molecular flexibility index (Phi) is 6.37. The van der Waals surface area contributed by atoms with Gasteiger partial charge in [-0.05, 0) is 41.0 Å². The number of nitrogens with zero attached hydrogens (tertiary/aromatic N) is 2. The van der Waals surface area contributed by atoms with Gasteiger partial charge in [0.05, 0.1) is 12.3 Å². The van der Waals surface area contributed by atoms with Crippen LogP contribution in [0.25, 0.3) is 0 Å². The van der Waals surface area contributed by atoms with Gasteiger partial charge < -0.3 is 20.3 Å². The molecule has 1 aromatic heterocycles. The molecule has 3 N–H and O–H groups in total. The maximum absolute atomic E-state index is 11.5. The highest BCUT2D eigenvalue weighted by Gasteiger charge is 2.21. The first-order chi connectivity index (χ1) is 10.1. The Morgan fingerprint density at radius 1 is 1.41 bits per heavy atom. The maximum atomic E-state index is 11.5. The lowest BCUT2D eigenvalue weighted by molar-refractivity contribution is 0.0122. The summed E-state index contributed by atoms with van der Waals surface area (Å²) >= 11 is 0. The second-order valence-electron chi connectivity index (χ2n) is 6.58. The van der Waals surface area contributed by atoms with Gasteiger partial charge in [0.1, 0.15) is 11.7 Å². The minimum absolute atomic E-state index is 0.187. The highest BCUT2D eigenvalue weighted by atomic mass is 16.6. The van der Waals surface area contributed by atoms with Crippen molar-refractivity contribution in [3.05, 3.63) is 18.0 Å². The molecule has 1 amide bonds. The third kappa shape index (κ3) is 6.03. The lowest BCUT2D eigenvalue weighted by Crippen LogP contribution is -2.34. The van der Waals surface area contributed by atoms with Crippen LogP contribution in [0.3, 0.4) is 0 Å². The predicted octanol–water partition coefficient (Wildman–Crippen LogP) is 1.77. The molecule has 2 atom stereocenters. The summed E-state index contributed by atoms with van der Waals surface area (Å²) in [6.45, 7) is 9.49. The van der Waals surface area contributed by atoms with Crippen molar-refractivity contribution in [2.45, 2.75) is 64.9 Å². The summed E-state index contributed by atoms with van der Waals surface area (Å²) in [6, 6.07) is 0.187. The van der Waals surface area contributed by atoms with Gasteiger partial charge >= 0.3 is 6.09 Å². The van der Waals surface area contributed by atoms with Crippen LogP contribution in [0.2, 0.25) is 0 Å². The first-order valence-electron chi connectivity index (χ1n) is 7.47. The van der Waals surface area contributed by atoms with E-state index in [9.17, 15) is 15.0 Å². The maximum Gasteiger partial charge on any atom is 0.407 e. The van der Waals surface area contributed by atoms with Crippen LogP contribution in [0.5, 0.6) is 0 Å². The van der Waals surface area contributed by atoms with Crippen LogP contribution in [-0.4, -0.2) is 44.3 Å². The molecule has 0 fully saturated rings. The van der Waals surface area contributed by atoms with E-state index in [2.05, 4.69) is 10.4 Å². The molecule has 0 aliphatic carbocycles. The van der Waals surface area contributed by atoms with E-state index in [1.54, 1.807) is 31.6 Å². The largest absolute Gasteiger partial charge is 0.444 e. The number of amides is 1. The third-order valence-electron chi connectivity index (χ3n) is 2.96. The zero-order valence-electron chi connectivity index (χ0n) is 13.9. The van der Waals surface area contributed by atoms with Gasteiger partial charge in [0.15, 0.2) is 0 Å². The van der Waals surface area contributed by atoms with Gasteiger partial charge in [-0.25, -0.2) is 4.79 Å². The van der Waals surface area contributed by atoms with Gasteiger partial charge in [-0.1, -0.05) is 0 Å². The van der Waals surface area contributed by atoms with Gasteiger partial charge in [-0.2, -0.15) is 5.10 Å². The molecule has 7 heteroatoms. The minimum Gasteiger partial charge on any atom is -0.444 e. The summed E-state index contributed by atoms with van der Waals surface area (Å²) in [5.74, 6) is 0. The molecule has 0 bridgehead atoms. The van der Waals surface area contributed by atoms with Crippen molar-refractivity contribution in [3.63, 3.8) is 0 Å². The number of ether oxygens (including phenoxy) is 1. The summed E-state index contributed by atoms with van der Waals surface area (Å²) < 4.78 is 6.80. The van der Waals surface area contributed by atoms with E-state index in [4.69, 9.17) is 4.74 Å². The second-order valence-corrected chi connectivity index (χ2v) is 6.58. The Balaban J connectivity index is 2.41. The fourth-order valence-corrected chi connectivity index (χ4v) is 1.80. The van der Waals surface area contributed by atoms with E-state index in [0.29, 0.717) is 5.56 Å². The number of carbonyl (C=O) groups is 1. The smallest absolute Gasteiger partial charge is 0.407 e. The molecular formula is C15H27N3O4. The Morgan fingerprint density at radius 3 is 2.55 bits per heavy atom. The molecule has 22 heavy (non-hydrogen) atoms. The molecule has 0 spiro atoms. The zero-order valence-corrected chi connectivity index (χ0v) is 13.9. The minimum atomic E-state index is -1.03. The number of alkyl carbamates (subject to hydrolysis) is 1. The van der Waals surface area contributed by atoms with Crippen LogP contribution in [0.4, 0.5) is 4.79 Å². The Morgan fingerprint density at radius 2 is 2.05 bits per heavy atom. The van der Waals surface area contributed by atoms with Crippen LogP contribution in [0.1, 0.15) is 58.7 Å². The van der Waals surface area contributed by atoms with Gasteiger partial charge in [0.2, 0.25) is 0 Å². The molecule has 0 aliphatic rings. The third-order valence-corrected chi connectivity index (χ3v) is 2.96. The molecule has 7 nitrogen and oxygen atoms in total. The van der Waals surface area contributed by atoms with Crippen molar-refractivity contribution in [2.75, 3.05) is 6.54 Å². The number of aromatic nitrogens is 2. The average Bonchev–Trinajstić information content (AvgIpc) is 2.85. The second kappa shape index (κ2) is 7.60. The van der Waals surface area contributed by atoms with Gasteiger partial charge in [-0.3, -0.25) is 4.68 Å². The molecule has 1 rings (SSSR count). The van der Waals surface area contributed by atoms with Crippen LogP contribution in [0.15, 0.2) is 12.4 Å². The van der Waals surface area contributed by atoms with Gasteiger partial charge in [-0.15, -0.1) is 0 Å². The highest BCUT2D eigenvalue weighted by molar-refractivity contribution is 5.67. The molecule has 1 aromatic rings. The standard InChI is InChI=1S/C15H27N3O4/c1-10(2)18-9-11(8-17-18)13(20)12(19)6-7-16-14(21)22-15(3,4)5/h8-10,12-13,19-20H,6-7H2,1-5H3,(H,16,21). The molecule has 0 aliphatic heterocycles. The van der Waals surface area contributed by atoms with E-state index in [-0.39, 0.29) is 19.0 Å². The molecule has 1 heterocycles. The molecule has 0 saturated heterocycles. The van der Waals surface area contributed by atoms with Crippen LogP contribution >= 0.6 is 0 Å². The van der Waals surface area contributed by atoms with Crippen LogP contribution in [0, 0.1) is 0 Å². The van der Waals surface area contributed by atoms with Crippen LogP contribution < -0.4 is 5.32 Å². The molecular weight excluding hydrogens is 286 g/mol. The summed E-state index contributed by atoms with van der Waals surface area (Å²) in [5, 5.41) is 26.7. The predicted molar refractivity (Wildman–Crippen MR) is 82.4 cm³/mol. The number of hydrogen-bond acceptors (Lipinski definition) is 5. The summed E-state index contributed by atoms with van der Waals surface area (Å²) in [4.78, 5) is 11.5. The molecule has 2 unspecified atom stereocenters. The number of rotatable bonds is 6. The lowest BCUT2D eigenvalue weighted by Gasteiger charge is -2.21. The Labute approximate surface area is 131 Å². The van der Waals surface area contributed by atoms with Gasteiger partial charge in [0, 0.05) is 24.3 Å². The van der Waals surface area contributed by atoms with Crippen molar-refractivity contribution in [3.8, 4) is 0 Å². The van der Waals surface area contributed by atoms with Crippen molar-refractivity contribution >= 4 is 6.09 Å². The SMILES string of the molecule is CC(C)n1cc(C(O)C(O)CCNC(=O)OC(C)(C)C)cn1. The number of aliphatic hydroxyl groups excluding tert-OH is 2. The number of nitrogens with one attached hydrogen (secondary N) is 1. The van der Waals surface area contributed by atoms with E-state index in [0.717, 1.165) is 0 Å². The van der Waals surface area contributed by atoms with E-state index < -0.39 is 23.9 Å². The summed E-state index contributed by atoms with van der Waals surface area (Å²) in [5.41, 5.74) is -0.00773. The summed E-state index contributed by atoms with van der Waals surface area (Å²) in [6.07, 6.45) is 0.900. The highest BCUT2D eigenvalue weighted by Crippen LogP contribution is 2.19. The van der Waals surface area contributed by atoms with Crippen molar-refractivity contribution < 1.29 is 19.7 Å². The monoisotopic (exact) mass is 313 g/mol. The first-order valence-corrected chi connectivity index (χ1v) is 7.47. The topological polar surface area (TPSA) is 96.6 Å². The number of carbonyl (C=O) groups excluding carboxylic acids is 1.